The quantitative estimate of drug-likeness (QED) is 0.775. The Hall–Kier alpha value is -2.67. The first-order chi connectivity index (χ1) is 14.1. The zero-order valence-corrected chi connectivity index (χ0v) is 16.4. The van der Waals surface area contributed by atoms with Crippen LogP contribution >= 0.6 is 0 Å². The number of amides is 2. The fourth-order valence-corrected chi connectivity index (χ4v) is 4.12. The number of nitrogens with zero attached hydrogens (tertiary/aromatic N) is 3. The monoisotopic (exact) mass is 399 g/mol. The number of carbonyl (C=O) groups excluding carboxylic acids is 2. The Morgan fingerprint density at radius 2 is 1.83 bits per heavy atom. The fraction of sp³-hybridized carbons (Fsp3) is 0.455. The summed E-state index contributed by atoms with van der Waals surface area (Å²) >= 11 is 0. The van der Waals surface area contributed by atoms with Crippen molar-refractivity contribution >= 4 is 11.8 Å². The van der Waals surface area contributed by atoms with E-state index < -0.39 is 0 Å². The molecule has 2 amide bonds. The average molecular weight is 399 g/mol. The molecule has 0 unspecified atom stereocenters. The van der Waals surface area contributed by atoms with E-state index in [4.69, 9.17) is 4.42 Å². The van der Waals surface area contributed by atoms with E-state index in [9.17, 15) is 14.0 Å². The number of piperidine rings is 1. The SMILES string of the molecule is O=C1CN(C(=O)C2CCN(Cc3ccco3)CC2)CCN1Cc1ccccc1F. The van der Waals surface area contributed by atoms with Gasteiger partial charge in [0.1, 0.15) is 11.6 Å². The Bertz CT molecular complexity index is 847. The zero-order valence-electron chi connectivity index (χ0n) is 16.4. The molecular formula is C22H26FN3O3. The molecule has 0 bridgehead atoms. The molecule has 0 spiro atoms. The van der Waals surface area contributed by atoms with E-state index in [2.05, 4.69) is 4.90 Å². The Kier molecular flexibility index (Phi) is 5.94. The number of likely N-dealkylation sites (tertiary alicyclic amines) is 1. The minimum absolute atomic E-state index is 0.0335. The lowest BCUT2D eigenvalue weighted by Gasteiger charge is -2.38. The zero-order chi connectivity index (χ0) is 20.2. The van der Waals surface area contributed by atoms with Gasteiger partial charge in [0.2, 0.25) is 11.8 Å². The molecule has 0 radical (unpaired) electrons. The molecule has 0 saturated carbocycles. The van der Waals surface area contributed by atoms with Crippen LogP contribution in [0.25, 0.3) is 0 Å². The maximum absolute atomic E-state index is 13.9. The molecule has 2 aliphatic rings. The summed E-state index contributed by atoms with van der Waals surface area (Å²) in [6.07, 6.45) is 3.26. The maximum Gasteiger partial charge on any atom is 0.242 e. The van der Waals surface area contributed by atoms with Crippen LogP contribution in [-0.4, -0.2) is 59.2 Å². The van der Waals surface area contributed by atoms with Gasteiger partial charge >= 0.3 is 0 Å². The van der Waals surface area contributed by atoms with Crippen molar-refractivity contribution in [2.75, 3.05) is 32.7 Å². The van der Waals surface area contributed by atoms with Crippen molar-refractivity contribution in [3.05, 3.63) is 59.8 Å². The second-order valence-corrected chi connectivity index (χ2v) is 7.80. The van der Waals surface area contributed by atoms with Crippen molar-refractivity contribution in [2.24, 2.45) is 5.92 Å². The number of halogens is 1. The summed E-state index contributed by atoms with van der Waals surface area (Å²) in [5.41, 5.74) is 0.504. The summed E-state index contributed by atoms with van der Waals surface area (Å²) in [7, 11) is 0. The highest BCUT2D eigenvalue weighted by atomic mass is 19.1. The van der Waals surface area contributed by atoms with E-state index in [-0.39, 0.29) is 36.6 Å². The highest BCUT2D eigenvalue weighted by Gasteiger charge is 2.33. The van der Waals surface area contributed by atoms with Crippen LogP contribution in [0.15, 0.2) is 47.1 Å². The molecule has 2 aliphatic heterocycles. The number of hydrogen-bond donors (Lipinski definition) is 0. The van der Waals surface area contributed by atoms with Crippen LogP contribution in [0.5, 0.6) is 0 Å². The summed E-state index contributed by atoms with van der Waals surface area (Å²) in [5, 5.41) is 0. The van der Waals surface area contributed by atoms with Crippen molar-refractivity contribution in [3.8, 4) is 0 Å². The predicted octanol–water partition coefficient (Wildman–Crippen LogP) is 2.50. The lowest BCUT2D eigenvalue weighted by atomic mass is 9.95. The number of hydrogen-bond acceptors (Lipinski definition) is 4. The van der Waals surface area contributed by atoms with E-state index in [0.717, 1.165) is 38.2 Å². The summed E-state index contributed by atoms with van der Waals surface area (Å²) in [6, 6.07) is 10.3. The van der Waals surface area contributed by atoms with Crippen LogP contribution in [0.1, 0.15) is 24.2 Å². The second-order valence-electron chi connectivity index (χ2n) is 7.80. The third-order valence-electron chi connectivity index (χ3n) is 5.85. The van der Waals surface area contributed by atoms with Crippen LogP contribution in [0.2, 0.25) is 0 Å². The minimum atomic E-state index is -0.305. The first kappa shape index (κ1) is 19.6. The van der Waals surface area contributed by atoms with E-state index >= 15 is 0 Å². The van der Waals surface area contributed by atoms with Gasteiger partial charge in [-0.3, -0.25) is 14.5 Å². The Balaban J connectivity index is 1.26. The molecule has 2 aromatic rings. The standard InChI is InChI=1S/C22H26FN3O3/c23-20-6-2-1-4-18(20)14-25-11-12-26(16-21(25)27)22(28)17-7-9-24(10-8-17)15-19-5-3-13-29-19/h1-6,13,17H,7-12,14-16H2. The van der Waals surface area contributed by atoms with E-state index in [1.807, 2.05) is 12.1 Å². The Morgan fingerprint density at radius 3 is 2.52 bits per heavy atom. The molecule has 29 heavy (non-hydrogen) atoms. The van der Waals surface area contributed by atoms with Gasteiger partial charge in [-0.2, -0.15) is 0 Å². The van der Waals surface area contributed by atoms with Crippen LogP contribution in [0, 0.1) is 11.7 Å². The van der Waals surface area contributed by atoms with Gasteiger partial charge in [0.25, 0.3) is 0 Å². The summed E-state index contributed by atoms with van der Waals surface area (Å²) in [6.45, 7) is 3.73. The average Bonchev–Trinajstić information content (AvgIpc) is 3.24. The molecule has 154 valence electrons. The van der Waals surface area contributed by atoms with Gasteiger partial charge in [0.05, 0.1) is 19.4 Å². The predicted molar refractivity (Wildman–Crippen MR) is 105 cm³/mol. The number of furan rings is 1. The van der Waals surface area contributed by atoms with Gasteiger partial charge in [0, 0.05) is 31.1 Å². The molecule has 2 saturated heterocycles. The van der Waals surface area contributed by atoms with Crippen molar-refractivity contribution in [2.45, 2.75) is 25.9 Å². The fourth-order valence-electron chi connectivity index (χ4n) is 4.12. The van der Waals surface area contributed by atoms with E-state index in [1.54, 1.807) is 34.3 Å². The first-order valence-corrected chi connectivity index (χ1v) is 10.1. The third kappa shape index (κ3) is 4.67. The van der Waals surface area contributed by atoms with Crippen molar-refractivity contribution in [1.82, 2.24) is 14.7 Å². The Labute approximate surface area is 169 Å². The van der Waals surface area contributed by atoms with Gasteiger partial charge < -0.3 is 14.2 Å². The van der Waals surface area contributed by atoms with Crippen LogP contribution < -0.4 is 0 Å². The molecular weight excluding hydrogens is 373 g/mol. The van der Waals surface area contributed by atoms with Crippen molar-refractivity contribution < 1.29 is 18.4 Å². The van der Waals surface area contributed by atoms with Gasteiger partial charge in [-0.1, -0.05) is 18.2 Å². The normalized spacial score (nSPS) is 19.0. The minimum Gasteiger partial charge on any atom is -0.468 e. The summed E-state index contributed by atoms with van der Waals surface area (Å²) < 4.78 is 19.3. The Morgan fingerprint density at radius 1 is 1.03 bits per heavy atom. The number of piperazine rings is 1. The molecule has 4 rings (SSSR count). The molecule has 0 aliphatic carbocycles. The molecule has 0 atom stereocenters. The van der Waals surface area contributed by atoms with Gasteiger partial charge in [-0.25, -0.2) is 4.39 Å². The van der Waals surface area contributed by atoms with Gasteiger partial charge in [-0.15, -0.1) is 0 Å². The van der Waals surface area contributed by atoms with Gasteiger partial charge in [0.15, 0.2) is 0 Å². The van der Waals surface area contributed by atoms with Crippen LogP contribution in [0.4, 0.5) is 4.39 Å². The lowest BCUT2D eigenvalue weighted by Crippen LogP contribution is -2.54. The smallest absolute Gasteiger partial charge is 0.242 e. The molecule has 7 heteroatoms. The molecule has 0 N–H and O–H groups in total. The van der Waals surface area contributed by atoms with Crippen LogP contribution in [0.3, 0.4) is 0 Å². The number of rotatable bonds is 5. The third-order valence-corrected chi connectivity index (χ3v) is 5.85. The largest absolute Gasteiger partial charge is 0.468 e. The highest BCUT2D eigenvalue weighted by molar-refractivity contribution is 5.87. The molecule has 1 aromatic heterocycles. The highest BCUT2D eigenvalue weighted by Crippen LogP contribution is 2.22. The maximum atomic E-state index is 13.9. The number of carbonyl (C=O) groups is 2. The summed E-state index contributed by atoms with van der Waals surface area (Å²) in [4.78, 5) is 31.0. The molecule has 1 aromatic carbocycles. The molecule has 2 fully saturated rings. The van der Waals surface area contributed by atoms with Crippen molar-refractivity contribution in [3.63, 3.8) is 0 Å². The summed E-state index contributed by atoms with van der Waals surface area (Å²) in [5.74, 6) is 0.546. The lowest BCUT2D eigenvalue weighted by molar-refractivity contribution is -0.148. The van der Waals surface area contributed by atoms with E-state index in [1.165, 1.54) is 6.07 Å². The number of benzene rings is 1. The second kappa shape index (κ2) is 8.78. The van der Waals surface area contributed by atoms with Gasteiger partial charge in [-0.05, 0) is 44.1 Å². The molecule has 6 nitrogen and oxygen atoms in total. The first-order valence-electron chi connectivity index (χ1n) is 10.1. The van der Waals surface area contributed by atoms with Crippen molar-refractivity contribution in [1.29, 1.82) is 0 Å². The molecule has 3 heterocycles. The van der Waals surface area contributed by atoms with E-state index in [0.29, 0.717) is 18.7 Å². The van der Waals surface area contributed by atoms with Crippen LogP contribution in [-0.2, 0) is 22.7 Å². The topological polar surface area (TPSA) is 57.0 Å².